The Morgan fingerprint density at radius 2 is 2.00 bits per heavy atom. The van der Waals surface area contributed by atoms with Gasteiger partial charge in [-0.05, 0) is 31.0 Å². The van der Waals surface area contributed by atoms with E-state index in [0.29, 0.717) is 18.5 Å². The smallest absolute Gasteiger partial charge is 0.254 e. The van der Waals surface area contributed by atoms with Gasteiger partial charge in [-0.15, -0.1) is 0 Å². The summed E-state index contributed by atoms with van der Waals surface area (Å²) in [6.07, 6.45) is 0.772. The van der Waals surface area contributed by atoms with E-state index in [2.05, 4.69) is 10.6 Å². The molecule has 6 nitrogen and oxygen atoms in total. The highest BCUT2D eigenvalue weighted by Gasteiger charge is 2.30. The lowest BCUT2D eigenvalue weighted by Gasteiger charge is -2.34. The number of hydrogen-bond acceptors (Lipinski definition) is 4. The highest BCUT2D eigenvalue weighted by atomic mass is 16.2. The molecule has 0 aliphatic carbocycles. The third-order valence-electron chi connectivity index (χ3n) is 4.51. The number of imide groups is 1. The van der Waals surface area contributed by atoms with Crippen LogP contribution in [0.1, 0.15) is 29.3 Å². The molecular weight excluding hydrogens is 294 g/mol. The van der Waals surface area contributed by atoms with Crippen LogP contribution in [-0.2, 0) is 16.0 Å². The number of hydrogen-bond donors (Lipinski definition) is 2. The van der Waals surface area contributed by atoms with E-state index in [1.54, 1.807) is 12.1 Å². The first-order valence-electron chi connectivity index (χ1n) is 7.99. The van der Waals surface area contributed by atoms with E-state index < -0.39 is 0 Å². The summed E-state index contributed by atoms with van der Waals surface area (Å²) in [5, 5.41) is 5.59. The van der Waals surface area contributed by atoms with Gasteiger partial charge in [-0.1, -0.05) is 12.1 Å². The van der Waals surface area contributed by atoms with E-state index in [1.807, 2.05) is 24.0 Å². The quantitative estimate of drug-likeness (QED) is 0.788. The van der Waals surface area contributed by atoms with Crippen LogP contribution < -0.4 is 10.6 Å². The monoisotopic (exact) mass is 315 g/mol. The molecule has 0 spiro atoms. The number of benzene rings is 1. The normalized spacial score (nSPS) is 24.7. The van der Waals surface area contributed by atoms with E-state index >= 15 is 0 Å². The van der Waals surface area contributed by atoms with Gasteiger partial charge in [0.25, 0.3) is 5.91 Å². The van der Waals surface area contributed by atoms with Crippen molar-refractivity contribution < 1.29 is 14.4 Å². The zero-order chi connectivity index (χ0) is 16.4. The van der Waals surface area contributed by atoms with Crippen LogP contribution in [0.5, 0.6) is 0 Å². The Bertz CT molecular complexity index is 626. The fourth-order valence-electron chi connectivity index (χ4n) is 3.15. The van der Waals surface area contributed by atoms with Crippen LogP contribution in [0.25, 0.3) is 0 Å². The molecule has 1 aromatic rings. The number of amides is 3. The molecule has 2 aliphatic heterocycles. The Morgan fingerprint density at radius 3 is 2.61 bits per heavy atom. The van der Waals surface area contributed by atoms with Gasteiger partial charge in [0.1, 0.15) is 0 Å². The molecule has 0 saturated carbocycles. The fourth-order valence-corrected chi connectivity index (χ4v) is 3.15. The molecule has 122 valence electrons. The second-order valence-corrected chi connectivity index (χ2v) is 6.27. The van der Waals surface area contributed by atoms with E-state index in [1.165, 1.54) is 0 Å². The minimum Gasteiger partial charge on any atom is -0.333 e. The number of nitrogens with one attached hydrogen (secondary N) is 2. The minimum absolute atomic E-state index is 0.0411. The SMILES string of the molecule is C[C@@H]1CNCCN1C(=O)c1ccc(CC2CC(=O)NC2=O)cc1. The maximum absolute atomic E-state index is 12.6. The van der Waals surface area contributed by atoms with E-state index in [-0.39, 0.29) is 36.1 Å². The predicted molar refractivity (Wildman–Crippen MR) is 84.8 cm³/mol. The van der Waals surface area contributed by atoms with Gasteiger partial charge in [0.2, 0.25) is 11.8 Å². The molecule has 2 N–H and O–H groups in total. The summed E-state index contributed by atoms with van der Waals surface area (Å²) in [6, 6.07) is 7.54. The van der Waals surface area contributed by atoms with Crippen LogP contribution in [0.15, 0.2) is 24.3 Å². The third-order valence-corrected chi connectivity index (χ3v) is 4.51. The summed E-state index contributed by atoms with van der Waals surface area (Å²) in [6.45, 7) is 4.38. The second kappa shape index (κ2) is 6.50. The number of piperazine rings is 1. The summed E-state index contributed by atoms with van der Waals surface area (Å²) < 4.78 is 0. The molecule has 3 amide bonds. The maximum Gasteiger partial charge on any atom is 0.254 e. The molecule has 1 unspecified atom stereocenters. The van der Waals surface area contributed by atoms with Gasteiger partial charge in [0, 0.05) is 37.7 Å². The maximum atomic E-state index is 12.6. The van der Waals surface area contributed by atoms with Crippen molar-refractivity contribution in [2.45, 2.75) is 25.8 Å². The molecule has 3 rings (SSSR count). The average molecular weight is 315 g/mol. The van der Waals surface area contributed by atoms with Gasteiger partial charge >= 0.3 is 0 Å². The average Bonchev–Trinajstić information content (AvgIpc) is 2.85. The molecule has 2 saturated heterocycles. The van der Waals surface area contributed by atoms with Crippen molar-refractivity contribution in [3.8, 4) is 0 Å². The van der Waals surface area contributed by atoms with Gasteiger partial charge in [0.05, 0.1) is 5.92 Å². The largest absolute Gasteiger partial charge is 0.333 e. The predicted octanol–water partition coefficient (Wildman–Crippen LogP) is 0.326. The van der Waals surface area contributed by atoms with Crippen molar-refractivity contribution in [3.05, 3.63) is 35.4 Å². The van der Waals surface area contributed by atoms with E-state index in [4.69, 9.17) is 0 Å². The van der Waals surface area contributed by atoms with Crippen LogP contribution in [0, 0.1) is 5.92 Å². The van der Waals surface area contributed by atoms with Crippen LogP contribution >= 0.6 is 0 Å². The van der Waals surface area contributed by atoms with E-state index in [0.717, 1.165) is 18.7 Å². The summed E-state index contributed by atoms with van der Waals surface area (Å²) in [7, 11) is 0. The highest BCUT2D eigenvalue weighted by Crippen LogP contribution is 2.18. The van der Waals surface area contributed by atoms with Crippen molar-refractivity contribution in [2.24, 2.45) is 5.92 Å². The summed E-state index contributed by atoms with van der Waals surface area (Å²) in [5.74, 6) is -0.666. The molecule has 2 aliphatic rings. The first-order chi connectivity index (χ1) is 11.0. The molecule has 2 atom stereocenters. The topological polar surface area (TPSA) is 78.5 Å². The molecule has 2 heterocycles. The Balaban J connectivity index is 1.66. The van der Waals surface area contributed by atoms with Gasteiger partial charge < -0.3 is 10.2 Å². The summed E-state index contributed by atoms with van der Waals surface area (Å²) in [5.41, 5.74) is 1.62. The standard InChI is InChI=1S/C17H21N3O3/c1-11-10-18-6-7-20(11)17(23)13-4-2-12(3-5-13)8-14-9-15(21)19-16(14)22/h2-5,11,14,18H,6-10H2,1H3,(H,19,21,22)/t11-,14?/m1/s1. The van der Waals surface area contributed by atoms with Gasteiger partial charge in [0.15, 0.2) is 0 Å². The molecular formula is C17H21N3O3. The molecule has 2 fully saturated rings. The number of carbonyl (C=O) groups excluding carboxylic acids is 3. The molecule has 0 aromatic heterocycles. The van der Waals surface area contributed by atoms with Crippen LogP contribution in [0.2, 0.25) is 0 Å². The first kappa shape index (κ1) is 15.7. The molecule has 0 radical (unpaired) electrons. The van der Waals surface area contributed by atoms with Gasteiger partial charge in [-0.25, -0.2) is 0 Å². The zero-order valence-corrected chi connectivity index (χ0v) is 13.2. The summed E-state index contributed by atoms with van der Waals surface area (Å²) >= 11 is 0. The van der Waals surface area contributed by atoms with Crippen LogP contribution in [0.3, 0.4) is 0 Å². The van der Waals surface area contributed by atoms with Gasteiger partial charge in [-0.2, -0.15) is 0 Å². The number of rotatable bonds is 3. The van der Waals surface area contributed by atoms with Crippen molar-refractivity contribution in [1.29, 1.82) is 0 Å². The lowest BCUT2D eigenvalue weighted by atomic mass is 9.97. The van der Waals surface area contributed by atoms with Crippen LogP contribution in [-0.4, -0.2) is 48.3 Å². The van der Waals surface area contributed by atoms with Crippen molar-refractivity contribution in [1.82, 2.24) is 15.5 Å². The Morgan fingerprint density at radius 1 is 1.26 bits per heavy atom. The Kier molecular flexibility index (Phi) is 4.43. The van der Waals surface area contributed by atoms with Crippen LogP contribution in [0.4, 0.5) is 0 Å². The van der Waals surface area contributed by atoms with Gasteiger partial charge in [-0.3, -0.25) is 19.7 Å². The molecule has 6 heteroatoms. The summed E-state index contributed by atoms with van der Waals surface area (Å²) in [4.78, 5) is 37.3. The fraction of sp³-hybridized carbons (Fsp3) is 0.471. The van der Waals surface area contributed by atoms with Crippen molar-refractivity contribution in [3.63, 3.8) is 0 Å². The molecule has 1 aromatic carbocycles. The highest BCUT2D eigenvalue weighted by molar-refractivity contribution is 6.03. The minimum atomic E-state index is -0.294. The zero-order valence-electron chi connectivity index (χ0n) is 13.2. The Hall–Kier alpha value is -2.21. The first-order valence-corrected chi connectivity index (χ1v) is 7.99. The van der Waals surface area contributed by atoms with E-state index in [9.17, 15) is 14.4 Å². The molecule has 0 bridgehead atoms. The lowest BCUT2D eigenvalue weighted by Crippen LogP contribution is -2.52. The Labute approximate surface area is 135 Å². The van der Waals surface area contributed by atoms with Crippen molar-refractivity contribution in [2.75, 3.05) is 19.6 Å². The molecule has 23 heavy (non-hydrogen) atoms. The number of nitrogens with zero attached hydrogens (tertiary/aromatic N) is 1. The lowest BCUT2D eigenvalue weighted by molar-refractivity contribution is -0.125. The second-order valence-electron chi connectivity index (χ2n) is 6.27. The third kappa shape index (κ3) is 3.42. The van der Waals surface area contributed by atoms with Crippen molar-refractivity contribution >= 4 is 17.7 Å². The number of carbonyl (C=O) groups is 3.